The van der Waals surface area contributed by atoms with E-state index in [1.807, 2.05) is 0 Å². The number of carbonyl (C=O) groups excluding carboxylic acids is 1. The number of rotatable bonds is 6. The fourth-order valence-corrected chi connectivity index (χ4v) is 1.90. The van der Waals surface area contributed by atoms with Gasteiger partial charge in [0, 0.05) is 5.57 Å². The number of likely N-dealkylation sites (N-methyl/N-ethyl adjacent to an activating group) is 1. The fraction of sp³-hybridized carbons (Fsp3) is 0.583. The Morgan fingerprint density at radius 3 is 1.74 bits per heavy atom. The van der Waals surface area contributed by atoms with Crippen LogP contribution in [0.4, 0.5) is 0 Å². The summed E-state index contributed by atoms with van der Waals surface area (Å²) in [6, 6.07) is 0. The zero-order valence-corrected chi connectivity index (χ0v) is 11.8. The highest BCUT2D eigenvalue weighted by atomic mass is 16.5. The number of esters is 1. The van der Waals surface area contributed by atoms with Crippen molar-refractivity contribution in [3.8, 4) is 0 Å². The Hall–Kier alpha value is -1.89. The van der Waals surface area contributed by atoms with Gasteiger partial charge in [-0.15, -0.1) is 0 Å². The molecule has 108 valence electrons. The van der Waals surface area contributed by atoms with E-state index in [9.17, 15) is 24.6 Å². The van der Waals surface area contributed by atoms with Gasteiger partial charge in [-0.2, -0.15) is 0 Å². The van der Waals surface area contributed by atoms with Gasteiger partial charge in [-0.05, 0) is 13.8 Å². The zero-order valence-electron chi connectivity index (χ0n) is 11.8. The second-order valence-corrected chi connectivity index (χ2v) is 5.22. The van der Waals surface area contributed by atoms with Crippen molar-refractivity contribution in [3.05, 3.63) is 12.2 Å². The van der Waals surface area contributed by atoms with Gasteiger partial charge in [0.05, 0.1) is 21.1 Å². The lowest BCUT2D eigenvalue weighted by Crippen LogP contribution is -2.72. The molecule has 0 saturated carbocycles. The van der Waals surface area contributed by atoms with Gasteiger partial charge in [0.25, 0.3) is 0 Å². The normalized spacial score (nSPS) is 13.5. The molecule has 0 amide bonds. The van der Waals surface area contributed by atoms with E-state index in [0.29, 0.717) is 0 Å². The maximum absolute atomic E-state index is 11.5. The minimum absolute atomic E-state index is 0.0675. The van der Waals surface area contributed by atoms with E-state index in [1.165, 1.54) is 35.0 Å². The summed E-state index contributed by atoms with van der Waals surface area (Å²) in [4.78, 5) is 34.4. The Kier molecular flexibility index (Phi) is 4.86. The minimum Gasteiger partial charge on any atom is -0.476 e. The molecule has 1 atom stereocenters. The van der Waals surface area contributed by atoms with E-state index in [0.717, 1.165) is 0 Å². The number of hydrogen-bond acceptors (Lipinski definition) is 4. The summed E-state index contributed by atoms with van der Waals surface area (Å²) in [6.07, 6.45) is -1.37. The smallest absolute Gasteiger partial charge is 0.382 e. The molecule has 0 aromatic rings. The first kappa shape index (κ1) is 17.1. The maximum atomic E-state index is 11.5. The highest BCUT2D eigenvalue weighted by molar-refractivity contribution is 6.03. The summed E-state index contributed by atoms with van der Waals surface area (Å²) in [7, 11) is 4.23. The van der Waals surface area contributed by atoms with Crippen LogP contribution in [-0.4, -0.2) is 65.4 Å². The average molecular weight is 274 g/mol. The van der Waals surface area contributed by atoms with E-state index < -0.39 is 34.0 Å². The van der Waals surface area contributed by atoms with Gasteiger partial charge in [-0.25, -0.2) is 14.4 Å². The molecule has 0 saturated heterocycles. The van der Waals surface area contributed by atoms with E-state index in [4.69, 9.17) is 4.74 Å². The molecule has 2 N–H and O–H groups in total. The average Bonchev–Trinajstić information content (AvgIpc) is 2.13. The van der Waals surface area contributed by atoms with Crippen LogP contribution in [0.2, 0.25) is 0 Å². The van der Waals surface area contributed by atoms with Gasteiger partial charge >= 0.3 is 23.4 Å². The Morgan fingerprint density at radius 2 is 1.53 bits per heavy atom. The Morgan fingerprint density at radius 1 is 1.16 bits per heavy atom. The summed E-state index contributed by atoms with van der Waals surface area (Å²) < 4.78 is 4.47. The number of quaternary nitrogens is 1. The van der Waals surface area contributed by atoms with Crippen LogP contribution in [-0.2, 0) is 19.1 Å². The van der Waals surface area contributed by atoms with Crippen molar-refractivity contribution < 1.29 is 33.8 Å². The van der Waals surface area contributed by atoms with E-state index in [1.54, 1.807) is 0 Å². The van der Waals surface area contributed by atoms with Crippen LogP contribution in [0.1, 0.15) is 13.8 Å². The molecular formula is C12H20NO6+. The molecule has 1 unspecified atom stereocenters. The van der Waals surface area contributed by atoms with Crippen LogP contribution in [0.15, 0.2) is 12.2 Å². The lowest BCUT2D eigenvalue weighted by molar-refractivity contribution is -0.907. The quantitative estimate of drug-likeness (QED) is 0.308. The van der Waals surface area contributed by atoms with Crippen LogP contribution in [0.3, 0.4) is 0 Å². The maximum Gasteiger partial charge on any atom is 0.382 e. The number of carbonyl (C=O) groups is 3. The van der Waals surface area contributed by atoms with Crippen molar-refractivity contribution in [1.29, 1.82) is 0 Å². The molecule has 0 bridgehead atoms. The number of nitrogens with zero attached hydrogens (tertiary/aromatic N) is 1. The topological polar surface area (TPSA) is 101 Å². The van der Waals surface area contributed by atoms with Crippen molar-refractivity contribution in [1.82, 2.24) is 0 Å². The molecule has 7 nitrogen and oxygen atoms in total. The van der Waals surface area contributed by atoms with E-state index >= 15 is 0 Å². The van der Waals surface area contributed by atoms with Crippen LogP contribution in [0.25, 0.3) is 0 Å². The molecule has 0 aromatic carbocycles. The van der Waals surface area contributed by atoms with Crippen molar-refractivity contribution >= 4 is 17.9 Å². The zero-order chi connectivity index (χ0) is 15.6. The van der Waals surface area contributed by atoms with Gasteiger partial charge in [0.2, 0.25) is 0 Å². The monoisotopic (exact) mass is 274 g/mol. The van der Waals surface area contributed by atoms with Crippen LogP contribution in [0, 0.1) is 0 Å². The molecule has 0 aliphatic heterocycles. The van der Waals surface area contributed by atoms with Crippen LogP contribution >= 0.6 is 0 Å². The van der Waals surface area contributed by atoms with Gasteiger partial charge < -0.3 is 19.4 Å². The Bertz CT molecular complexity index is 406. The Balaban J connectivity index is 5.74. The van der Waals surface area contributed by atoms with Crippen molar-refractivity contribution in [2.24, 2.45) is 0 Å². The van der Waals surface area contributed by atoms with Gasteiger partial charge in [-0.1, -0.05) is 6.58 Å². The molecule has 0 rings (SSSR count). The van der Waals surface area contributed by atoms with Gasteiger partial charge in [0.1, 0.15) is 0 Å². The summed E-state index contributed by atoms with van der Waals surface area (Å²) >= 11 is 0. The molecule has 0 heterocycles. The minimum atomic E-state index is -2.30. The lowest BCUT2D eigenvalue weighted by Gasteiger charge is -2.42. The first-order valence-corrected chi connectivity index (χ1v) is 5.53. The molecule has 0 aliphatic carbocycles. The summed E-state index contributed by atoms with van der Waals surface area (Å²) in [5.74, 6) is -3.98. The molecule has 0 aliphatic rings. The first-order valence-electron chi connectivity index (χ1n) is 5.53. The van der Waals surface area contributed by atoms with Crippen molar-refractivity contribution in [2.45, 2.75) is 25.5 Å². The SMILES string of the molecule is C=C(C)C(=O)OC(C)C(C(=O)O)(C(=O)O)[N+](C)(C)C. The second kappa shape index (κ2) is 5.40. The van der Waals surface area contributed by atoms with Crippen molar-refractivity contribution in [2.75, 3.05) is 21.1 Å². The molecular weight excluding hydrogens is 254 g/mol. The van der Waals surface area contributed by atoms with Crippen LogP contribution in [0.5, 0.6) is 0 Å². The third-order valence-corrected chi connectivity index (χ3v) is 2.93. The standard InChI is InChI=1S/C12H19NO6/c1-7(2)9(14)19-8(3)12(10(15)16,11(17)18)13(4,5)6/h8H,1H2,2-6H3,(H-,15,16,17,18)/p+1. The number of aliphatic carboxylic acids is 2. The summed E-state index contributed by atoms with van der Waals surface area (Å²) in [6.45, 7) is 6.00. The second-order valence-electron chi connectivity index (χ2n) is 5.22. The predicted molar refractivity (Wildman–Crippen MR) is 66.4 cm³/mol. The molecule has 0 spiro atoms. The molecule has 0 aromatic heterocycles. The highest BCUT2D eigenvalue weighted by Gasteiger charge is 2.64. The summed E-state index contributed by atoms with van der Waals surface area (Å²) in [5.41, 5.74) is -2.23. The lowest BCUT2D eigenvalue weighted by atomic mass is 9.89. The predicted octanol–water partition coefficient (Wildman–Crippen LogP) is 0.108. The molecule has 0 radical (unpaired) electrons. The largest absolute Gasteiger partial charge is 0.476 e. The third kappa shape index (κ3) is 2.93. The number of hydrogen-bond donors (Lipinski definition) is 2. The van der Waals surface area contributed by atoms with Crippen LogP contribution < -0.4 is 0 Å². The van der Waals surface area contributed by atoms with E-state index in [2.05, 4.69) is 6.58 Å². The number of ether oxygens (including phenoxy) is 1. The first-order chi connectivity index (χ1) is 8.38. The van der Waals surface area contributed by atoms with Gasteiger partial charge in [0.15, 0.2) is 6.10 Å². The Labute approximate surface area is 111 Å². The number of carboxylic acid groups (broad SMARTS) is 2. The van der Waals surface area contributed by atoms with Crippen molar-refractivity contribution in [3.63, 3.8) is 0 Å². The number of carboxylic acids is 2. The molecule has 19 heavy (non-hydrogen) atoms. The summed E-state index contributed by atoms with van der Waals surface area (Å²) in [5, 5.41) is 18.7. The molecule has 0 fully saturated rings. The third-order valence-electron chi connectivity index (χ3n) is 2.93. The molecule has 7 heteroatoms. The fourth-order valence-electron chi connectivity index (χ4n) is 1.90. The van der Waals surface area contributed by atoms with Gasteiger partial charge in [-0.3, -0.25) is 0 Å². The van der Waals surface area contributed by atoms with E-state index in [-0.39, 0.29) is 5.57 Å². The highest BCUT2D eigenvalue weighted by Crippen LogP contribution is 2.27.